The van der Waals surface area contributed by atoms with E-state index >= 15 is 0 Å². The van der Waals surface area contributed by atoms with Crippen LogP contribution < -0.4 is 5.32 Å². The Hall–Kier alpha value is -1.28. The highest BCUT2D eigenvalue weighted by Crippen LogP contribution is 2.27. The number of halogens is 1. The lowest BCUT2D eigenvalue weighted by Crippen LogP contribution is -2.02. The second-order valence-corrected chi connectivity index (χ2v) is 5.24. The second-order valence-electron chi connectivity index (χ2n) is 4.84. The number of unbranched alkanes of at least 4 members (excludes halogenated alkanes) is 4. The van der Waals surface area contributed by atoms with Crippen LogP contribution in [-0.2, 0) is 0 Å². The van der Waals surface area contributed by atoms with Crippen LogP contribution in [0.2, 0.25) is 5.02 Å². The molecule has 3 heteroatoms. The molecule has 1 heterocycles. The molecule has 0 bridgehead atoms. The van der Waals surface area contributed by atoms with Gasteiger partial charge in [-0.25, -0.2) is 0 Å². The first-order valence-electron chi connectivity index (χ1n) is 7.10. The predicted octanol–water partition coefficient (Wildman–Crippen LogP) is 5.27. The van der Waals surface area contributed by atoms with Gasteiger partial charge in [0.2, 0.25) is 0 Å². The van der Waals surface area contributed by atoms with Crippen LogP contribution in [0.5, 0.6) is 0 Å². The number of pyridine rings is 1. The van der Waals surface area contributed by atoms with Crippen LogP contribution in [0.1, 0.15) is 39.0 Å². The molecule has 0 aliphatic carbocycles. The van der Waals surface area contributed by atoms with Gasteiger partial charge < -0.3 is 5.32 Å². The summed E-state index contributed by atoms with van der Waals surface area (Å²) in [4.78, 5) is 4.34. The molecule has 1 aromatic heterocycles. The Morgan fingerprint density at radius 2 is 1.95 bits per heavy atom. The molecule has 19 heavy (non-hydrogen) atoms. The van der Waals surface area contributed by atoms with Gasteiger partial charge in [-0.3, -0.25) is 4.98 Å². The number of nitrogens with one attached hydrogen (secondary N) is 1. The number of anilines is 1. The zero-order valence-electron chi connectivity index (χ0n) is 11.5. The van der Waals surface area contributed by atoms with E-state index in [1.54, 1.807) is 6.20 Å². The first kappa shape index (κ1) is 14.1. The van der Waals surface area contributed by atoms with Gasteiger partial charge in [-0.2, -0.15) is 0 Å². The lowest BCUT2D eigenvalue weighted by atomic mass is 10.1. The average Bonchev–Trinajstić information content (AvgIpc) is 2.45. The van der Waals surface area contributed by atoms with Crippen molar-refractivity contribution < 1.29 is 0 Å². The van der Waals surface area contributed by atoms with Crippen molar-refractivity contribution in [2.45, 2.75) is 39.0 Å². The number of nitrogens with zero attached hydrogens (tertiary/aromatic N) is 1. The first-order valence-corrected chi connectivity index (χ1v) is 7.48. The van der Waals surface area contributed by atoms with Gasteiger partial charge in [0.25, 0.3) is 0 Å². The molecular weight excluding hydrogens is 256 g/mol. The van der Waals surface area contributed by atoms with Gasteiger partial charge in [0.05, 0.1) is 10.5 Å². The van der Waals surface area contributed by atoms with Crippen molar-refractivity contribution in [3.8, 4) is 0 Å². The van der Waals surface area contributed by atoms with Crippen LogP contribution in [0, 0.1) is 0 Å². The maximum absolute atomic E-state index is 6.16. The molecule has 0 amide bonds. The molecule has 0 spiro atoms. The van der Waals surface area contributed by atoms with E-state index in [4.69, 9.17) is 11.6 Å². The Labute approximate surface area is 120 Å². The van der Waals surface area contributed by atoms with Crippen LogP contribution in [0.3, 0.4) is 0 Å². The fraction of sp³-hybridized carbons (Fsp3) is 0.438. The molecule has 0 unspecified atom stereocenters. The third-order valence-corrected chi connectivity index (χ3v) is 3.62. The summed E-state index contributed by atoms with van der Waals surface area (Å²) in [5.74, 6) is 0. The highest BCUT2D eigenvalue weighted by Gasteiger charge is 2.04. The first-order chi connectivity index (χ1) is 9.33. The fourth-order valence-electron chi connectivity index (χ4n) is 2.24. The van der Waals surface area contributed by atoms with Crippen molar-refractivity contribution >= 4 is 28.2 Å². The summed E-state index contributed by atoms with van der Waals surface area (Å²) in [6.07, 6.45) is 8.26. The average molecular weight is 277 g/mol. The topological polar surface area (TPSA) is 24.9 Å². The Balaban J connectivity index is 1.96. The zero-order valence-corrected chi connectivity index (χ0v) is 12.2. The van der Waals surface area contributed by atoms with E-state index in [1.807, 2.05) is 18.2 Å². The van der Waals surface area contributed by atoms with Crippen LogP contribution in [0.25, 0.3) is 10.9 Å². The van der Waals surface area contributed by atoms with E-state index < -0.39 is 0 Å². The minimum Gasteiger partial charge on any atom is -0.384 e. The summed E-state index contributed by atoms with van der Waals surface area (Å²) in [7, 11) is 0. The highest BCUT2D eigenvalue weighted by atomic mass is 35.5. The quantitative estimate of drug-likeness (QED) is 0.697. The molecule has 0 aliphatic rings. The molecule has 1 aromatic carbocycles. The lowest BCUT2D eigenvalue weighted by Gasteiger charge is -2.10. The minimum absolute atomic E-state index is 0.712. The normalized spacial score (nSPS) is 10.8. The van der Waals surface area contributed by atoms with Crippen molar-refractivity contribution in [2.75, 3.05) is 11.9 Å². The van der Waals surface area contributed by atoms with Crippen molar-refractivity contribution in [3.63, 3.8) is 0 Å². The molecule has 0 saturated carbocycles. The highest BCUT2D eigenvalue weighted by molar-refractivity contribution is 6.35. The summed E-state index contributed by atoms with van der Waals surface area (Å²) in [6.45, 7) is 3.25. The molecule has 0 radical (unpaired) electrons. The van der Waals surface area contributed by atoms with Crippen molar-refractivity contribution in [2.24, 2.45) is 0 Å². The number of benzene rings is 1. The number of fused-ring (bicyclic) bond motifs is 1. The Morgan fingerprint density at radius 3 is 2.79 bits per heavy atom. The molecule has 0 saturated heterocycles. The van der Waals surface area contributed by atoms with Crippen molar-refractivity contribution in [1.82, 2.24) is 4.98 Å². The molecule has 0 atom stereocenters. The van der Waals surface area contributed by atoms with Gasteiger partial charge in [0.1, 0.15) is 0 Å². The fourth-order valence-corrected chi connectivity index (χ4v) is 2.46. The summed E-state index contributed by atoms with van der Waals surface area (Å²) < 4.78 is 0. The Kier molecular flexibility index (Phi) is 5.46. The van der Waals surface area contributed by atoms with Gasteiger partial charge in [0, 0.05) is 23.8 Å². The number of hydrogen-bond donors (Lipinski definition) is 1. The van der Waals surface area contributed by atoms with Gasteiger partial charge in [-0.05, 0) is 30.7 Å². The zero-order chi connectivity index (χ0) is 13.5. The van der Waals surface area contributed by atoms with Crippen LogP contribution in [-0.4, -0.2) is 11.5 Å². The minimum atomic E-state index is 0.712. The van der Waals surface area contributed by atoms with Gasteiger partial charge in [-0.1, -0.05) is 44.2 Å². The van der Waals surface area contributed by atoms with E-state index in [9.17, 15) is 0 Å². The summed E-state index contributed by atoms with van der Waals surface area (Å²) >= 11 is 6.16. The summed E-state index contributed by atoms with van der Waals surface area (Å²) in [5.41, 5.74) is 2.00. The molecular formula is C16H21ClN2. The van der Waals surface area contributed by atoms with E-state index in [1.165, 1.54) is 32.1 Å². The van der Waals surface area contributed by atoms with Crippen molar-refractivity contribution in [3.05, 3.63) is 35.5 Å². The van der Waals surface area contributed by atoms with Crippen LogP contribution in [0.15, 0.2) is 30.5 Å². The smallest absolute Gasteiger partial charge is 0.0908 e. The van der Waals surface area contributed by atoms with E-state index in [2.05, 4.69) is 23.3 Å². The molecule has 0 fully saturated rings. The Morgan fingerprint density at radius 1 is 1.11 bits per heavy atom. The van der Waals surface area contributed by atoms with E-state index in [-0.39, 0.29) is 0 Å². The maximum Gasteiger partial charge on any atom is 0.0908 e. The third-order valence-electron chi connectivity index (χ3n) is 3.32. The summed E-state index contributed by atoms with van der Waals surface area (Å²) in [5, 5.41) is 5.31. The molecule has 2 aromatic rings. The second kappa shape index (κ2) is 7.34. The SMILES string of the molecule is CCCCCCCNc1ccc(Cl)c2ncccc12. The third kappa shape index (κ3) is 3.84. The van der Waals surface area contributed by atoms with Crippen LogP contribution >= 0.6 is 11.6 Å². The Bertz CT molecular complexity index is 525. The number of hydrogen-bond acceptors (Lipinski definition) is 2. The van der Waals surface area contributed by atoms with Gasteiger partial charge >= 0.3 is 0 Å². The molecule has 2 nitrogen and oxygen atoms in total. The van der Waals surface area contributed by atoms with E-state index in [0.29, 0.717) is 5.02 Å². The van der Waals surface area contributed by atoms with E-state index in [0.717, 1.165) is 23.1 Å². The van der Waals surface area contributed by atoms with Gasteiger partial charge in [-0.15, -0.1) is 0 Å². The predicted molar refractivity (Wildman–Crippen MR) is 84.0 cm³/mol. The standard InChI is InChI=1S/C16H21ClN2/c1-2-3-4-5-6-11-18-15-10-9-14(17)16-13(15)8-7-12-19-16/h7-10,12,18H,2-6,11H2,1H3. The summed E-state index contributed by atoms with van der Waals surface area (Å²) in [6, 6.07) is 7.97. The van der Waals surface area contributed by atoms with Crippen molar-refractivity contribution in [1.29, 1.82) is 0 Å². The number of rotatable bonds is 7. The lowest BCUT2D eigenvalue weighted by molar-refractivity contribution is 0.645. The largest absolute Gasteiger partial charge is 0.384 e. The maximum atomic E-state index is 6.16. The number of aromatic nitrogens is 1. The molecule has 0 aliphatic heterocycles. The molecule has 2 rings (SSSR count). The monoisotopic (exact) mass is 276 g/mol. The molecule has 102 valence electrons. The molecule has 1 N–H and O–H groups in total. The van der Waals surface area contributed by atoms with Gasteiger partial charge in [0.15, 0.2) is 0 Å². The van der Waals surface area contributed by atoms with Crippen LogP contribution in [0.4, 0.5) is 5.69 Å².